The van der Waals surface area contributed by atoms with Crippen LogP contribution in [0.25, 0.3) is 11.1 Å². The highest BCUT2D eigenvalue weighted by atomic mass is 19.1. The van der Waals surface area contributed by atoms with Gasteiger partial charge in [-0.25, -0.2) is 8.78 Å². The molecule has 3 heteroatoms. The Kier molecular flexibility index (Phi) is 2.86. The van der Waals surface area contributed by atoms with E-state index in [-0.39, 0.29) is 11.1 Å². The summed E-state index contributed by atoms with van der Waals surface area (Å²) in [6.07, 6.45) is 2.05. The Hall–Kier alpha value is -1.74. The van der Waals surface area contributed by atoms with Crippen molar-refractivity contribution in [3.63, 3.8) is 0 Å². The largest absolute Gasteiger partial charge is 0.390 e. The third-order valence-electron chi connectivity index (χ3n) is 3.56. The lowest BCUT2D eigenvalue weighted by Crippen LogP contribution is -2.10. The van der Waals surface area contributed by atoms with Crippen molar-refractivity contribution in [1.29, 1.82) is 0 Å². The summed E-state index contributed by atoms with van der Waals surface area (Å²) in [4.78, 5) is 0. The van der Waals surface area contributed by atoms with Crippen LogP contribution in [0.3, 0.4) is 0 Å². The van der Waals surface area contributed by atoms with Crippen LogP contribution in [0.1, 0.15) is 18.4 Å². The van der Waals surface area contributed by atoms with Gasteiger partial charge in [0.15, 0.2) is 0 Å². The SMILES string of the molecule is OC1(Cc2ccc(F)c(-c3ccccc3F)c2)CC1. The molecule has 2 aromatic rings. The summed E-state index contributed by atoms with van der Waals surface area (Å²) < 4.78 is 27.6. The van der Waals surface area contributed by atoms with Crippen molar-refractivity contribution in [2.75, 3.05) is 0 Å². The van der Waals surface area contributed by atoms with Gasteiger partial charge >= 0.3 is 0 Å². The van der Waals surface area contributed by atoms with Crippen LogP contribution in [-0.4, -0.2) is 10.7 Å². The summed E-state index contributed by atoms with van der Waals surface area (Å²) in [5, 5.41) is 9.90. The van der Waals surface area contributed by atoms with Gasteiger partial charge < -0.3 is 5.11 Å². The number of hydrogen-bond acceptors (Lipinski definition) is 1. The minimum atomic E-state index is -0.635. The predicted molar refractivity (Wildman–Crippen MR) is 69.7 cm³/mol. The summed E-state index contributed by atoms with van der Waals surface area (Å²) in [5.41, 5.74) is 0.703. The molecule has 1 aliphatic carbocycles. The topological polar surface area (TPSA) is 20.2 Å². The standard InChI is InChI=1S/C16H14F2O/c17-14-4-2-1-3-12(14)13-9-11(5-6-15(13)18)10-16(19)7-8-16/h1-6,9,19H,7-8,10H2. The maximum absolute atomic E-state index is 13.9. The van der Waals surface area contributed by atoms with E-state index in [1.807, 2.05) is 0 Å². The smallest absolute Gasteiger partial charge is 0.131 e. The molecule has 0 radical (unpaired) electrons. The Morgan fingerprint density at radius 1 is 0.947 bits per heavy atom. The Labute approximate surface area is 110 Å². The first-order chi connectivity index (χ1) is 9.07. The van der Waals surface area contributed by atoms with Crippen LogP contribution in [0.5, 0.6) is 0 Å². The van der Waals surface area contributed by atoms with Crippen molar-refractivity contribution in [3.05, 3.63) is 59.7 Å². The minimum Gasteiger partial charge on any atom is -0.390 e. The molecule has 0 saturated heterocycles. The van der Waals surface area contributed by atoms with Crippen molar-refractivity contribution < 1.29 is 13.9 Å². The first-order valence-electron chi connectivity index (χ1n) is 6.33. The zero-order valence-electron chi connectivity index (χ0n) is 10.4. The van der Waals surface area contributed by atoms with Crippen LogP contribution < -0.4 is 0 Å². The maximum atomic E-state index is 13.9. The van der Waals surface area contributed by atoms with Gasteiger partial charge in [-0.3, -0.25) is 0 Å². The molecule has 98 valence electrons. The fraction of sp³-hybridized carbons (Fsp3) is 0.250. The molecule has 1 N–H and O–H groups in total. The zero-order chi connectivity index (χ0) is 13.5. The molecule has 0 heterocycles. The number of hydrogen-bond donors (Lipinski definition) is 1. The van der Waals surface area contributed by atoms with Crippen LogP contribution in [0.4, 0.5) is 8.78 Å². The van der Waals surface area contributed by atoms with Gasteiger partial charge in [-0.15, -0.1) is 0 Å². The fourth-order valence-corrected chi connectivity index (χ4v) is 2.27. The van der Waals surface area contributed by atoms with Crippen molar-refractivity contribution in [2.45, 2.75) is 24.9 Å². The third-order valence-corrected chi connectivity index (χ3v) is 3.56. The Bertz CT molecular complexity index is 618. The van der Waals surface area contributed by atoms with Crippen molar-refractivity contribution in [3.8, 4) is 11.1 Å². The van der Waals surface area contributed by atoms with E-state index in [0.717, 1.165) is 18.4 Å². The van der Waals surface area contributed by atoms with E-state index in [0.29, 0.717) is 6.42 Å². The second kappa shape index (κ2) is 4.42. The molecule has 1 saturated carbocycles. The minimum absolute atomic E-state index is 0.250. The lowest BCUT2D eigenvalue weighted by Gasteiger charge is -2.11. The molecular formula is C16H14F2O. The maximum Gasteiger partial charge on any atom is 0.131 e. The van der Waals surface area contributed by atoms with Gasteiger partial charge in [0.2, 0.25) is 0 Å². The summed E-state index contributed by atoms with van der Waals surface area (Å²) in [6, 6.07) is 10.7. The summed E-state index contributed by atoms with van der Waals surface area (Å²) in [5.74, 6) is -0.889. The highest BCUT2D eigenvalue weighted by Gasteiger charge is 2.40. The number of aliphatic hydroxyl groups is 1. The lowest BCUT2D eigenvalue weighted by atomic mass is 9.98. The predicted octanol–water partition coefficient (Wildman–Crippen LogP) is 3.70. The third kappa shape index (κ3) is 2.51. The number of benzene rings is 2. The highest BCUT2D eigenvalue weighted by Crippen LogP contribution is 2.39. The molecular weight excluding hydrogens is 246 g/mol. The number of rotatable bonds is 3. The Morgan fingerprint density at radius 2 is 1.63 bits per heavy atom. The quantitative estimate of drug-likeness (QED) is 0.892. The van der Waals surface area contributed by atoms with Gasteiger partial charge in [-0.1, -0.05) is 24.3 Å². The van der Waals surface area contributed by atoms with Crippen LogP contribution in [0.15, 0.2) is 42.5 Å². The Balaban J connectivity index is 2.00. The fourth-order valence-electron chi connectivity index (χ4n) is 2.27. The molecule has 2 aromatic carbocycles. The van der Waals surface area contributed by atoms with Gasteiger partial charge in [-0.2, -0.15) is 0 Å². The average Bonchev–Trinajstić information content (AvgIpc) is 3.10. The summed E-state index contributed by atoms with van der Waals surface area (Å²) >= 11 is 0. The van der Waals surface area contributed by atoms with Gasteiger partial charge in [0.05, 0.1) is 5.60 Å². The van der Waals surface area contributed by atoms with Gasteiger partial charge in [0.1, 0.15) is 11.6 Å². The summed E-state index contributed by atoms with van der Waals surface area (Å²) in [6.45, 7) is 0. The van der Waals surface area contributed by atoms with Crippen molar-refractivity contribution in [1.82, 2.24) is 0 Å². The van der Waals surface area contributed by atoms with Crippen molar-refractivity contribution >= 4 is 0 Å². The molecule has 0 aliphatic heterocycles. The molecule has 0 spiro atoms. The molecule has 0 aromatic heterocycles. The zero-order valence-corrected chi connectivity index (χ0v) is 10.4. The van der Waals surface area contributed by atoms with E-state index in [4.69, 9.17) is 0 Å². The van der Waals surface area contributed by atoms with Crippen LogP contribution in [0, 0.1) is 11.6 Å². The molecule has 1 aliphatic rings. The van der Waals surface area contributed by atoms with E-state index < -0.39 is 17.2 Å². The molecule has 0 bridgehead atoms. The Morgan fingerprint density at radius 3 is 2.32 bits per heavy atom. The molecule has 1 fully saturated rings. The monoisotopic (exact) mass is 260 g/mol. The summed E-state index contributed by atoms with van der Waals surface area (Å²) in [7, 11) is 0. The first-order valence-corrected chi connectivity index (χ1v) is 6.33. The highest BCUT2D eigenvalue weighted by molar-refractivity contribution is 5.65. The van der Waals surface area contributed by atoms with Gasteiger partial charge in [0.25, 0.3) is 0 Å². The first kappa shape index (κ1) is 12.3. The van der Waals surface area contributed by atoms with E-state index in [1.54, 1.807) is 30.3 Å². The van der Waals surface area contributed by atoms with Crippen LogP contribution >= 0.6 is 0 Å². The van der Waals surface area contributed by atoms with Gasteiger partial charge in [-0.05, 0) is 36.6 Å². The normalized spacial score (nSPS) is 16.4. The molecule has 0 amide bonds. The average molecular weight is 260 g/mol. The molecule has 19 heavy (non-hydrogen) atoms. The van der Waals surface area contributed by atoms with E-state index >= 15 is 0 Å². The van der Waals surface area contributed by atoms with Crippen LogP contribution in [-0.2, 0) is 6.42 Å². The number of halogens is 2. The molecule has 0 atom stereocenters. The van der Waals surface area contributed by atoms with E-state index in [2.05, 4.69) is 0 Å². The van der Waals surface area contributed by atoms with Crippen LogP contribution in [0.2, 0.25) is 0 Å². The second-order valence-corrected chi connectivity index (χ2v) is 5.20. The second-order valence-electron chi connectivity index (χ2n) is 5.20. The molecule has 3 rings (SSSR count). The lowest BCUT2D eigenvalue weighted by molar-refractivity contribution is 0.151. The molecule has 0 unspecified atom stereocenters. The van der Waals surface area contributed by atoms with E-state index in [1.165, 1.54) is 12.1 Å². The van der Waals surface area contributed by atoms with Crippen molar-refractivity contribution in [2.24, 2.45) is 0 Å². The molecule has 1 nitrogen and oxygen atoms in total. The van der Waals surface area contributed by atoms with E-state index in [9.17, 15) is 13.9 Å². The van der Waals surface area contributed by atoms with Gasteiger partial charge in [0, 0.05) is 17.5 Å².